The molecule has 1 aromatic carbocycles. The van der Waals surface area contributed by atoms with Crippen LogP contribution in [0.5, 0.6) is 5.75 Å². The van der Waals surface area contributed by atoms with Crippen molar-refractivity contribution < 1.29 is 9.53 Å². The average molecular weight is 261 g/mol. The van der Waals surface area contributed by atoms with Crippen molar-refractivity contribution in [1.82, 2.24) is 10.6 Å². The molecular formula is C14H19N3O2. The first-order chi connectivity index (χ1) is 9.21. The fourth-order valence-electron chi connectivity index (χ4n) is 1.70. The summed E-state index contributed by atoms with van der Waals surface area (Å²) in [6.07, 6.45) is 0.439. The molecule has 0 fully saturated rings. The predicted molar refractivity (Wildman–Crippen MR) is 72.7 cm³/mol. The zero-order valence-electron chi connectivity index (χ0n) is 11.3. The molecule has 0 aromatic heterocycles. The van der Waals surface area contributed by atoms with Gasteiger partial charge >= 0.3 is 0 Å². The molecule has 1 rings (SSSR count). The molecule has 1 amide bonds. The Bertz CT molecular complexity index is 466. The van der Waals surface area contributed by atoms with E-state index in [0.717, 1.165) is 11.3 Å². The van der Waals surface area contributed by atoms with E-state index >= 15 is 0 Å². The monoisotopic (exact) mass is 261 g/mol. The Hall–Kier alpha value is -2.06. The van der Waals surface area contributed by atoms with Crippen molar-refractivity contribution in [2.45, 2.75) is 19.9 Å². The summed E-state index contributed by atoms with van der Waals surface area (Å²) in [5.74, 6) is 0.775. The van der Waals surface area contributed by atoms with Gasteiger partial charge < -0.3 is 15.4 Å². The summed E-state index contributed by atoms with van der Waals surface area (Å²) in [5.41, 5.74) is 1.51. The van der Waals surface area contributed by atoms with E-state index in [1.807, 2.05) is 6.92 Å². The highest BCUT2D eigenvalue weighted by molar-refractivity contribution is 5.75. The van der Waals surface area contributed by atoms with E-state index in [1.54, 1.807) is 25.3 Å². The number of nitrogens with zero attached hydrogens (tertiary/aromatic N) is 1. The van der Waals surface area contributed by atoms with Crippen molar-refractivity contribution in [2.75, 3.05) is 20.2 Å². The SMILES string of the molecule is CCNC(=O)CCNCc1cc(C#N)ccc1OC. The van der Waals surface area contributed by atoms with Crippen LogP contribution >= 0.6 is 0 Å². The molecule has 0 spiro atoms. The van der Waals surface area contributed by atoms with Crippen LogP contribution in [0.2, 0.25) is 0 Å². The minimum absolute atomic E-state index is 0.0349. The third-order valence-electron chi connectivity index (χ3n) is 2.63. The molecule has 0 bridgehead atoms. The lowest BCUT2D eigenvalue weighted by atomic mass is 10.1. The van der Waals surface area contributed by atoms with Gasteiger partial charge in [-0.1, -0.05) is 0 Å². The van der Waals surface area contributed by atoms with Gasteiger partial charge in [0.25, 0.3) is 0 Å². The number of hydrogen-bond acceptors (Lipinski definition) is 4. The topological polar surface area (TPSA) is 74.2 Å². The van der Waals surface area contributed by atoms with Crippen LogP contribution < -0.4 is 15.4 Å². The van der Waals surface area contributed by atoms with E-state index in [9.17, 15) is 4.79 Å². The van der Waals surface area contributed by atoms with Crippen LogP contribution in [0.4, 0.5) is 0 Å². The minimum Gasteiger partial charge on any atom is -0.496 e. The van der Waals surface area contributed by atoms with Crippen LogP contribution in [0.25, 0.3) is 0 Å². The number of carbonyl (C=O) groups excluding carboxylic acids is 1. The van der Waals surface area contributed by atoms with E-state index in [-0.39, 0.29) is 5.91 Å². The van der Waals surface area contributed by atoms with Crippen LogP contribution in [0.3, 0.4) is 0 Å². The van der Waals surface area contributed by atoms with Gasteiger partial charge in [0.05, 0.1) is 18.7 Å². The van der Waals surface area contributed by atoms with Crippen molar-refractivity contribution in [1.29, 1.82) is 5.26 Å². The first-order valence-corrected chi connectivity index (χ1v) is 6.25. The zero-order valence-corrected chi connectivity index (χ0v) is 11.3. The molecule has 0 unspecified atom stereocenters. The summed E-state index contributed by atoms with van der Waals surface area (Å²) in [5, 5.41) is 14.8. The second-order valence-electron chi connectivity index (χ2n) is 4.02. The summed E-state index contributed by atoms with van der Waals surface area (Å²) >= 11 is 0. The first-order valence-electron chi connectivity index (χ1n) is 6.25. The van der Waals surface area contributed by atoms with E-state index < -0.39 is 0 Å². The van der Waals surface area contributed by atoms with Crippen molar-refractivity contribution in [3.8, 4) is 11.8 Å². The van der Waals surface area contributed by atoms with Gasteiger partial charge in [-0.2, -0.15) is 5.26 Å². The smallest absolute Gasteiger partial charge is 0.221 e. The largest absolute Gasteiger partial charge is 0.496 e. The highest BCUT2D eigenvalue weighted by Gasteiger charge is 2.05. The average Bonchev–Trinajstić information content (AvgIpc) is 2.43. The van der Waals surface area contributed by atoms with Gasteiger partial charge in [-0.15, -0.1) is 0 Å². The van der Waals surface area contributed by atoms with Crippen molar-refractivity contribution in [3.05, 3.63) is 29.3 Å². The Labute approximate surface area is 113 Å². The molecule has 0 aliphatic carbocycles. The molecule has 0 saturated carbocycles. The number of nitriles is 1. The number of benzene rings is 1. The maximum Gasteiger partial charge on any atom is 0.221 e. The molecule has 2 N–H and O–H groups in total. The Morgan fingerprint density at radius 3 is 2.89 bits per heavy atom. The lowest BCUT2D eigenvalue weighted by molar-refractivity contribution is -0.120. The molecule has 0 atom stereocenters. The Morgan fingerprint density at radius 1 is 1.47 bits per heavy atom. The fraction of sp³-hybridized carbons (Fsp3) is 0.429. The maximum atomic E-state index is 11.3. The highest BCUT2D eigenvalue weighted by atomic mass is 16.5. The molecule has 0 aliphatic rings. The minimum atomic E-state index is 0.0349. The van der Waals surface area contributed by atoms with E-state index in [1.165, 1.54) is 0 Å². The third kappa shape index (κ3) is 4.98. The highest BCUT2D eigenvalue weighted by Crippen LogP contribution is 2.19. The van der Waals surface area contributed by atoms with Crippen LogP contribution in [0.15, 0.2) is 18.2 Å². The van der Waals surface area contributed by atoms with Crippen LogP contribution in [0.1, 0.15) is 24.5 Å². The summed E-state index contributed by atoms with van der Waals surface area (Å²) in [6.45, 7) is 3.70. The number of nitrogens with one attached hydrogen (secondary N) is 2. The summed E-state index contributed by atoms with van der Waals surface area (Å²) in [7, 11) is 1.60. The van der Waals surface area contributed by atoms with Gasteiger partial charge in [0.15, 0.2) is 0 Å². The van der Waals surface area contributed by atoms with Crippen LogP contribution in [-0.4, -0.2) is 26.1 Å². The third-order valence-corrected chi connectivity index (χ3v) is 2.63. The van der Waals surface area contributed by atoms with Crippen molar-refractivity contribution >= 4 is 5.91 Å². The van der Waals surface area contributed by atoms with Gasteiger partial charge in [0, 0.05) is 31.6 Å². The first kappa shape index (κ1) is 15.0. The van der Waals surface area contributed by atoms with Crippen LogP contribution in [0, 0.1) is 11.3 Å². The van der Waals surface area contributed by atoms with Gasteiger partial charge in [-0.05, 0) is 25.1 Å². The molecule has 19 heavy (non-hydrogen) atoms. The fourth-order valence-corrected chi connectivity index (χ4v) is 1.70. The van der Waals surface area contributed by atoms with Crippen molar-refractivity contribution in [3.63, 3.8) is 0 Å². The summed E-state index contributed by atoms with van der Waals surface area (Å²) in [6, 6.07) is 7.38. The molecule has 0 saturated heterocycles. The standard InChI is InChI=1S/C14H19N3O2/c1-3-17-14(18)6-7-16-10-12-8-11(9-15)4-5-13(12)19-2/h4-5,8,16H,3,6-7,10H2,1-2H3,(H,17,18). The Kier molecular flexibility index (Phi) is 6.41. The molecule has 102 valence electrons. The molecule has 0 aliphatic heterocycles. The molecule has 5 nitrogen and oxygen atoms in total. The second kappa shape index (κ2) is 8.11. The molecule has 0 radical (unpaired) electrons. The number of hydrogen-bond donors (Lipinski definition) is 2. The number of carbonyl (C=O) groups is 1. The van der Waals surface area contributed by atoms with E-state index in [4.69, 9.17) is 10.00 Å². The molecule has 5 heteroatoms. The molecule has 1 aromatic rings. The van der Waals surface area contributed by atoms with E-state index in [0.29, 0.717) is 31.6 Å². The molecule has 0 heterocycles. The Balaban J connectivity index is 2.48. The normalized spacial score (nSPS) is 9.74. The second-order valence-corrected chi connectivity index (χ2v) is 4.02. The Morgan fingerprint density at radius 2 is 2.26 bits per heavy atom. The quantitative estimate of drug-likeness (QED) is 0.723. The predicted octanol–water partition coefficient (Wildman–Crippen LogP) is 1.18. The van der Waals surface area contributed by atoms with Crippen molar-refractivity contribution in [2.24, 2.45) is 0 Å². The maximum absolute atomic E-state index is 11.3. The lowest BCUT2D eigenvalue weighted by Gasteiger charge is -2.10. The lowest BCUT2D eigenvalue weighted by Crippen LogP contribution is -2.27. The van der Waals surface area contributed by atoms with Gasteiger partial charge in [0.2, 0.25) is 5.91 Å². The van der Waals surface area contributed by atoms with Gasteiger partial charge in [-0.25, -0.2) is 0 Å². The molecular weight excluding hydrogens is 242 g/mol. The summed E-state index contributed by atoms with van der Waals surface area (Å²) < 4.78 is 5.23. The van der Waals surface area contributed by atoms with Gasteiger partial charge in [-0.3, -0.25) is 4.79 Å². The number of amides is 1. The number of methoxy groups -OCH3 is 1. The van der Waals surface area contributed by atoms with Crippen LogP contribution in [-0.2, 0) is 11.3 Å². The number of ether oxygens (including phenoxy) is 1. The van der Waals surface area contributed by atoms with E-state index in [2.05, 4.69) is 16.7 Å². The van der Waals surface area contributed by atoms with Gasteiger partial charge in [0.1, 0.15) is 5.75 Å². The zero-order chi connectivity index (χ0) is 14.1. The number of rotatable bonds is 7. The summed E-state index contributed by atoms with van der Waals surface area (Å²) in [4.78, 5) is 11.3.